The molecule has 127 valence electrons. The highest BCUT2D eigenvalue weighted by Gasteiger charge is 2.35. The van der Waals surface area contributed by atoms with E-state index in [9.17, 15) is 10.2 Å². The zero-order chi connectivity index (χ0) is 17.9. The Bertz CT molecular complexity index is 563. The number of benzene rings is 1. The third-order valence-corrected chi connectivity index (χ3v) is 4.01. The van der Waals surface area contributed by atoms with Crippen LogP contribution in [-0.4, -0.2) is 47.3 Å². The largest absolute Gasteiger partial charge is 0.427 e. The van der Waals surface area contributed by atoms with Crippen LogP contribution in [0.4, 0.5) is 5.69 Å². The molecule has 23 heavy (non-hydrogen) atoms. The molecular formula is C17H28BN2O3. The molecule has 0 aliphatic carbocycles. The average Bonchev–Trinajstić information content (AvgIpc) is 2.44. The van der Waals surface area contributed by atoms with Crippen LogP contribution >= 0.6 is 0 Å². The summed E-state index contributed by atoms with van der Waals surface area (Å²) in [6.45, 7) is 10.7. The fourth-order valence-electron chi connectivity index (χ4n) is 1.42. The van der Waals surface area contributed by atoms with Crippen molar-refractivity contribution < 1.29 is 14.9 Å². The van der Waals surface area contributed by atoms with E-state index in [1.165, 1.54) is 0 Å². The highest BCUT2D eigenvalue weighted by atomic mass is 16.5. The van der Waals surface area contributed by atoms with E-state index in [1.807, 2.05) is 39.8 Å². The van der Waals surface area contributed by atoms with Crippen molar-refractivity contribution in [1.29, 1.82) is 0 Å². The van der Waals surface area contributed by atoms with Gasteiger partial charge in [0, 0.05) is 17.5 Å². The second-order valence-electron chi connectivity index (χ2n) is 7.42. The number of nitrogens with two attached hydrogens (primary N) is 1. The van der Waals surface area contributed by atoms with Crippen LogP contribution in [0.1, 0.15) is 47.1 Å². The van der Waals surface area contributed by atoms with Gasteiger partial charge in [-0.2, -0.15) is 0 Å². The van der Waals surface area contributed by atoms with E-state index in [0.717, 1.165) is 11.0 Å². The first-order chi connectivity index (χ1) is 10.4. The van der Waals surface area contributed by atoms with Crippen LogP contribution in [0.3, 0.4) is 0 Å². The molecule has 0 heterocycles. The minimum atomic E-state index is -0.979. The van der Waals surface area contributed by atoms with Gasteiger partial charge in [0.05, 0.1) is 23.3 Å². The molecule has 1 radical (unpaired) electrons. The normalized spacial score (nSPS) is 13.6. The van der Waals surface area contributed by atoms with Crippen molar-refractivity contribution in [2.75, 3.05) is 12.3 Å². The molecule has 0 amide bonds. The topological polar surface area (TPSA) is 88.1 Å². The monoisotopic (exact) mass is 319 g/mol. The van der Waals surface area contributed by atoms with Crippen LogP contribution < -0.4 is 11.2 Å². The Labute approximate surface area is 139 Å². The van der Waals surface area contributed by atoms with Crippen molar-refractivity contribution >= 4 is 24.8 Å². The molecule has 0 saturated heterocycles. The summed E-state index contributed by atoms with van der Waals surface area (Å²) >= 11 is 0. The van der Waals surface area contributed by atoms with E-state index >= 15 is 0 Å². The number of nitrogens with zero attached hydrogens (tertiary/aromatic N) is 1. The van der Waals surface area contributed by atoms with Gasteiger partial charge in [0.2, 0.25) is 0 Å². The predicted molar refractivity (Wildman–Crippen MR) is 96.5 cm³/mol. The quantitative estimate of drug-likeness (QED) is 0.401. The molecule has 0 aliphatic heterocycles. The van der Waals surface area contributed by atoms with E-state index in [2.05, 4.69) is 4.99 Å². The molecule has 6 heteroatoms. The van der Waals surface area contributed by atoms with Crippen LogP contribution in [0, 0.1) is 0 Å². The Balaban J connectivity index is 2.90. The third kappa shape index (κ3) is 5.64. The molecule has 0 bridgehead atoms. The summed E-state index contributed by atoms with van der Waals surface area (Å²) in [5.41, 5.74) is 5.87. The first kappa shape index (κ1) is 19.7. The van der Waals surface area contributed by atoms with Gasteiger partial charge in [-0.05, 0) is 47.6 Å². The maximum Gasteiger partial charge on any atom is 0.330 e. The van der Waals surface area contributed by atoms with Crippen LogP contribution in [0.2, 0.25) is 0 Å². The molecule has 4 N–H and O–H groups in total. The van der Waals surface area contributed by atoms with Crippen LogP contribution in [-0.2, 0) is 4.65 Å². The van der Waals surface area contributed by atoms with Gasteiger partial charge < -0.3 is 20.6 Å². The fraction of sp³-hybridized carbons (Fsp3) is 0.588. The maximum absolute atomic E-state index is 10.1. The van der Waals surface area contributed by atoms with Crippen molar-refractivity contribution in [3.8, 4) is 0 Å². The summed E-state index contributed by atoms with van der Waals surface area (Å²) < 4.78 is 5.74. The van der Waals surface area contributed by atoms with E-state index in [1.54, 1.807) is 33.6 Å². The zero-order valence-electron chi connectivity index (χ0n) is 14.9. The molecule has 1 aromatic rings. The molecule has 0 saturated carbocycles. The lowest BCUT2D eigenvalue weighted by atomic mass is 9.82. The highest BCUT2D eigenvalue weighted by Crippen LogP contribution is 2.24. The first-order valence-corrected chi connectivity index (χ1v) is 7.67. The molecule has 0 aromatic heterocycles. The third-order valence-electron chi connectivity index (χ3n) is 4.01. The molecule has 5 nitrogen and oxygen atoms in total. The van der Waals surface area contributed by atoms with Crippen LogP contribution in [0.15, 0.2) is 23.2 Å². The smallest absolute Gasteiger partial charge is 0.330 e. The number of hydrogen-bond acceptors (Lipinski definition) is 5. The second kappa shape index (κ2) is 7.03. The minimum absolute atomic E-state index is 0.0435. The lowest BCUT2D eigenvalue weighted by molar-refractivity contribution is -0.0893. The Morgan fingerprint density at radius 3 is 2.35 bits per heavy atom. The SMILES string of the molecule is CC(C)(CO)N=Cc1cc([B]OC(C)(C)C(C)(C)O)ccc1N. The number of aliphatic hydroxyl groups is 2. The van der Waals surface area contributed by atoms with Gasteiger partial charge in [-0.1, -0.05) is 17.6 Å². The van der Waals surface area contributed by atoms with Crippen LogP contribution in [0.5, 0.6) is 0 Å². The Morgan fingerprint density at radius 1 is 1.22 bits per heavy atom. The summed E-state index contributed by atoms with van der Waals surface area (Å²) in [7, 11) is 1.60. The summed E-state index contributed by atoms with van der Waals surface area (Å²) in [6.07, 6.45) is 1.66. The molecular weight excluding hydrogens is 291 g/mol. The van der Waals surface area contributed by atoms with E-state index in [4.69, 9.17) is 10.4 Å². The van der Waals surface area contributed by atoms with Gasteiger partial charge in [-0.15, -0.1) is 0 Å². The standard InChI is InChI=1S/C17H28BN2O3/c1-15(2,11-21)20-10-12-9-13(7-8-14(12)19)18-23-17(5,6)16(3,4)22/h7-10,21-22H,11,19H2,1-6H3. The van der Waals surface area contributed by atoms with Gasteiger partial charge >= 0.3 is 7.48 Å². The fourth-order valence-corrected chi connectivity index (χ4v) is 1.42. The van der Waals surface area contributed by atoms with Crippen molar-refractivity contribution in [3.63, 3.8) is 0 Å². The maximum atomic E-state index is 10.1. The van der Waals surface area contributed by atoms with Crippen LogP contribution in [0.25, 0.3) is 0 Å². The van der Waals surface area contributed by atoms with Crippen molar-refractivity contribution in [2.45, 2.75) is 58.3 Å². The Kier molecular flexibility index (Phi) is 6.02. The molecule has 1 rings (SSSR count). The molecule has 0 spiro atoms. The number of nitrogen functional groups attached to an aromatic ring is 1. The van der Waals surface area contributed by atoms with E-state index in [0.29, 0.717) is 5.69 Å². The van der Waals surface area contributed by atoms with Crippen molar-refractivity contribution in [3.05, 3.63) is 23.8 Å². The number of anilines is 1. The summed E-state index contributed by atoms with van der Waals surface area (Å²) in [4.78, 5) is 4.35. The lowest BCUT2D eigenvalue weighted by Crippen LogP contribution is -2.49. The first-order valence-electron chi connectivity index (χ1n) is 7.67. The summed E-state index contributed by atoms with van der Waals surface area (Å²) in [6, 6.07) is 5.47. The van der Waals surface area contributed by atoms with Gasteiger partial charge in [0.25, 0.3) is 0 Å². The number of hydrogen-bond donors (Lipinski definition) is 3. The molecule has 1 aromatic carbocycles. The Morgan fingerprint density at radius 2 is 1.83 bits per heavy atom. The highest BCUT2D eigenvalue weighted by molar-refractivity contribution is 6.47. The Hall–Kier alpha value is -1.37. The lowest BCUT2D eigenvalue weighted by Gasteiger charge is -2.37. The molecule has 0 fully saturated rings. The summed E-state index contributed by atoms with van der Waals surface area (Å²) in [5, 5.41) is 19.4. The molecule has 0 atom stereocenters. The van der Waals surface area contributed by atoms with Gasteiger partial charge in [0.15, 0.2) is 0 Å². The molecule has 0 unspecified atom stereocenters. The van der Waals surface area contributed by atoms with Gasteiger partial charge in [-0.25, -0.2) is 0 Å². The number of rotatable bonds is 7. The van der Waals surface area contributed by atoms with Crippen molar-refractivity contribution in [2.24, 2.45) is 4.99 Å². The average molecular weight is 319 g/mol. The number of aliphatic imine (C=N–C) groups is 1. The second-order valence-corrected chi connectivity index (χ2v) is 7.42. The summed E-state index contributed by atoms with van der Waals surface area (Å²) in [5.74, 6) is 0. The van der Waals surface area contributed by atoms with E-state index < -0.39 is 16.7 Å². The predicted octanol–water partition coefficient (Wildman–Crippen LogP) is 1.27. The zero-order valence-corrected chi connectivity index (χ0v) is 14.9. The van der Waals surface area contributed by atoms with E-state index in [-0.39, 0.29) is 6.61 Å². The minimum Gasteiger partial charge on any atom is -0.427 e. The molecule has 0 aliphatic rings. The van der Waals surface area contributed by atoms with Gasteiger partial charge in [0.1, 0.15) is 0 Å². The van der Waals surface area contributed by atoms with Gasteiger partial charge in [-0.3, -0.25) is 4.99 Å². The van der Waals surface area contributed by atoms with Crippen molar-refractivity contribution in [1.82, 2.24) is 0 Å². The number of aliphatic hydroxyl groups excluding tert-OH is 1.